The number of nitrogens with zero attached hydrogens (tertiary/aromatic N) is 1. The molecule has 0 bridgehead atoms. The highest BCUT2D eigenvalue weighted by atomic mass is 35.5. The molecule has 1 saturated heterocycles. The third kappa shape index (κ3) is 4.80. The first-order valence-corrected chi connectivity index (χ1v) is 11.9. The average Bonchev–Trinajstić information content (AvgIpc) is 3.26. The van der Waals surface area contributed by atoms with Crippen LogP contribution < -0.4 is 10.1 Å². The maximum atomic E-state index is 11.2. The zero-order valence-electron chi connectivity index (χ0n) is 18.9. The molecule has 1 saturated carbocycles. The Kier molecular flexibility index (Phi) is 7.08. The number of carboxylic acid groups (broad SMARTS) is 1. The topological polar surface area (TPSA) is 61.8 Å². The Balaban J connectivity index is 1.40. The van der Waals surface area contributed by atoms with Crippen LogP contribution in [0.5, 0.6) is 5.75 Å². The minimum atomic E-state index is -0.836. The van der Waals surface area contributed by atoms with Gasteiger partial charge in [0.1, 0.15) is 17.9 Å². The van der Waals surface area contributed by atoms with E-state index in [9.17, 15) is 9.90 Å². The second kappa shape index (κ2) is 9.82. The summed E-state index contributed by atoms with van der Waals surface area (Å²) in [5, 5.41) is 12.8. The molecule has 2 aromatic carbocycles. The van der Waals surface area contributed by atoms with Crippen LogP contribution in [0.3, 0.4) is 0 Å². The molecular formula is C26H33ClN2O3. The minimum absolute atomic E-state index is 0.0999. The molecule has 2 fully saturated rings. The fourth-order valence-corrected chi connectivity index (χ4v) is 5.63. The molecular weight excluding hydrogens is 424 g/mol. The molecule has 172 valence electrons. The number of halogens is 1. The van der Waals surface area contributed by atoms with Gasteiger partial charge >= 0.3 is 5.97 Å². The summed E-state index contributed by atoms with van der Waals surface area (Å²) >= 11 is 6.74. The van der Waals surface area contributed by atoms with Crippen molar-refractivity contribution >= 4 is 17.6 Å². The Morgan fingerprint density at radius 1 is 1.16 bits per heavy atom. The summed E-state index contributed by atoms with van der Waals surface area (Å²) in [5.41, 5.74) is 2.62. The van der Waals surface area contributed by atoms with Crippen LogP contribution in [0.2, 0.25) is 5.02 Å². The lowest BCUT2D eigenvalue weighted by Gasteiger charge is -2.45. The van der Waals surface area contributed by atoms with E-state index in [0.29, 0.717) is 29.7 Å². The van der Waals surface area contributed by atoms with Gasteiger partial charge in [0.15, 0.2) is 0 Å². The standard InChI is InChI=1S/C26H33ClN2O3/c1-29(2)26(20-8-4-3-5-9-20)13-11-18(12-14-26)15-19-7-6-10-23(24(19)27)32-21-16-22(25(30)31)28-17-21/h3-10,18,21-22,28H,11-17H2,1-2H3,(H,30,31)/t18?,21-,22-,26?/m0/s1. The molecule has 1 aliphatic carbocycles. The van der Waals surface area contributed by atoms with E-state index in [4.69, 9.17) is 16.3 Å². The summed E-state index contributed by atoms with van der Waals surface area (Å²) in [5.74, 6) is 0.409. The van der Waals surface area contributed by atoms with Crippen molar-refractivity contribution in [3.63, 3.8) is 0 Å². The van der Waals surface area contributed by atoms with E-state index in [1.807, 2.05) is 12.1 Å². The van der Waals surface area contributed by atoms with E-state index < -0.39 is 12.0 Å². The number of rotatable bonds is 7. The number of carboxylic acids is 1. The van der Waals surface area contributed by atoms with Crippen LogP contribution in [0, 0.1) is 5.92 Å². The highest BCUT2D eigenvalue weighted by molar-refractivity contribution is 6.32. The number of aliphatic carboxylic acids is 1. The molecule has 1 aliphatic heterocycles. The van der Waals surface area contributed by atoms with Gasteiger partial charge < -0.3 is 15.2 Å². The normalized spacial score (nSPS) is 28.1. The van der Waals surface area contributed by atoms with Gasteiger partial charge in [-0.05, 0) is 69.3 Å². The Morgan fingerprint density at radius 2 is 1.88 bits per heavy atom. The van der Waals surface area contributed by atoms with E-state index in [-0.39, 0.29) is 11.6 Å². The zero-order chi connectivity index (χ0) is 22.7. The predicted octanol–water partition coefficient (Wildman–Crippen LogP) is 4.72. The molecule has 32 heavy (non-hydrogen) atoms. The maximum absolute atomic E-state index is 11.2. The molecule has 0 radical (unpaired) electrons. The summed E-state index contributed by atoms with van der Waals surface area (Å²) in [4.78, 5) is 13.6. The van der Waals surface area contributed by atoms with E-state index in [1.165, 1.54) is 5.56 Å². The van der Waals surface area contributed by atoms with Gasteiger partial charge in [-0.2, -0.15) is 0 Å². The summed E-state index contributed by atoms with van der Waals surface area (Å²) in [6.07, 6.45) is 5.78. The van der Waals surface area contributed by atoms with Crippen molar-refractivity contribution in [2.45, 2.75) is 56.2 Å². The molecule has 2 atom stereocenters. The molecule has 0 unspecified atom stereocenters. The van der Waals surface area contributed by atoms with Gasteiger partial charge in [-0.15, -0.1) is 0 Å². The van der Waals surface area contributed by atoms with Crippen molar-refractivity contribution in [3.8, 4) is 5.75 Å². The van der Waals surface area contributed by atoms with Gasteiger partial charge in [0.2, 0.25) is 0 Å². The summed E-state index contributed by atoms with van der Waals surface area (Å²) in [6, 6.07) is 16.3. The number of nitrogens with one attached hydrogen (secondary N) is 1. The molecule has 4 rings (SSSR count). The lowest BCUT2D eigenvalue weighted by molar-refractivity contribution is -0.139. The molecule has 2 aliphatic rings. The van der Waals surface area contributed by atoms with Crippen LogP contribution in [-0.2, 0) is 16.8 Å². The van der Waals surface area contributed by atoms with E-state index in [0.717, 1.165) is 37.7 Å². The quantitative estimate of drug-likeness (QED) is 0.631. The van der Waals surface area contributed by atoms with Gasteiger partial charge in [0.05, 0.1) is 5.02 Å². The second-order valence-electron chi connectivity index (χ2n) is 9.44. The number of carbonyl (C=O) groups is 1. The summed E-state index contributed by atoms with van der Waals surface area (Å²) in [6.45, 7) is 0.520. The van der Waals surface area contributed by atoms with Crippen LogP contribution in [-0.4, -0.2) is 48.8 Å². The first-order valence-electron chi connectivity index (χ1n) is 11.5. The predicted molar refractivity (Wildman–Crippen MR) is 127 cm³/mol. The Labute approximate surface area is 195 Å². The molecule has 6 heteroatoms. The highest BCUT2D eigenvalue weighted by Crippen LogP contribution is 2.44. The molecule has 1 heterocycles. The van der Waals surface area contributed by atoms with Crippen LogP contribution in [0.25, 0.3) is 0 Å². The lowest BCUT2D eigenvalue weighted by atomic mass is 9.70. The summed E-state index contributed by atoms with van der Waals surface area (Å²) < 4.78 is 6.07. The fraction of sp³-hybridized carbons (Fsp3) is 0.500. The SMILES string of the molecule is CN(C)C1(c2ccccc2)CCC(Cc2cccc(O[C@@H]3CN[C@H](C(=O)O)C3)c2Cl)CC1. The highest BCUT2D eigenvalue weighted by Gasteiger charge is 2.38. The van der Waals surface area contributed by atoms with Crippen molar-refractivity contribution < 1.29 is 14.6 Å². The lowest BCUT2D eigenvalue weighted by Crippen LogP contribution is -2.44. The monoisotopic (exact) mass is 456 g/mol. The van der Waals surface area contributed by atoms with E-state index in [2.05, 4.69) is 60.7 Å². The van der Waals surface area contributed by atoms with Gasteiger partial charge in [-0.25, -0.2) is 0 Å². The van der Waals surface area contributed by atoms with Gasteiger partial charge in [0.25, 0.3) is 0 Å². The van der Waals surface area contributed by atoms with Crippen molar-refractivity contribution in [2.75, 3.05) is 20.6 Å². The van der Waals surface area contributed by atoms with Crippen LogP contribution in [0.15, 0.2) is 48.5 Å². The Bertz CT molecular complexity index is 926. The van der Waals surface area contributed by atoms with Crippen molar-refractivity contribution in [1.82, 2.24) is 10.2 Å². The molecule has 5 nitrogen and oxygen atoms in total. The smallest absolute Gasteiger partial charge is 0.320 e. The first kappa shape index (κ1) is 23.1. The largest absolute Gasteiger partial charge is 0.487 e. The molecule has 2 N–H and O–H groups in total. The van der Waals surface area contributed by atoms with Crippen LogP contribution >= 0.6 is 11.6 Å². The third-order valence-electron chi connectivity index (χ3n) is 7.33. The van der Waals surface area contributed by atoms with Gasteiger partial charge in [-0.3, -0.25) is 9.69 Å². The van der Waals surface area contributed by atoms with Gasteiger partial charge in [-0.1, -0.05) is 54.1 Å². The fourth-order valence-electron chi connectivity index (χ4n) is 5.38. The minimum Gasteiger partial charge on any atom is -0.487 e. The molecule has 0 aromatic heterocycles. The Hall–Kier alpha value is -2.08. The third-order valence-corrected chi connectivity index (χ3v) is 7.76. The molecule has 2 aromatic rings. The van der Waals surface area contributed by atoms with Crippen molar-refractivity contribution in [1.29, 1.82) is 0 Å². The number of hydrogen-bond acceptors (Lipinski definition) is 4. The first-order chi connectivity index (χ1) is 15.4. The molecule has 0 amide bonds. The van der Waals surface area contributed by atoms with Crippen molar-refractivity contribution in [2.24, 2.45) is 5.92 Å². The van der Waals surface area contributed by atoms with E-state index >= 15 is 0 Å². The summed E-state index contributed by atoms with van der Waals surface area (Å²) in [7, 11) is 4.38. The maximum Gasteiger partial charge on any atom is 0.320 e. The molecule has 0 spiro atoms. The number of hydrogen-bond donors (Lipinski definition) is 2. The second-order valence-corrected chi connectivity index (χ2v) is 9.82. The van der Waals surface area contributed by atoms with Gasteiger partial charge in [0, 0.05) is 18.5 Å². The zero-order valence-corrected chi connectivity index (χ0v) is 19.6. The van der Waals surface area contributed by atoms with E-state index in [1.54, 1.807) is 0 Å². The van der Waals surface area contributed by atoms with Crippen molar-refractivity contribution in [3.05, 3.63) is 64.7 Å². The van der Waals surface area contributed by atoms with Crippen LogP contribution in [0.1, 0.15) is 43.2 Å². The van der Waals surface area contributed by atoms with Crippen LogP contribution in [0.4, 0.5) is 0 Å². The number of ether oxygens (including phenoxy) is 1. The average molecular weight is 457 g/mol. The Morgan fingerprint density at radius 3 is 2.50 bits per heavy atom. The number of benzene rings is 2.